The normalized spacial score (nSPS) is 13.1. The van der Waals surface area contributed by atoms with Gasteiger partial charge >= 0.3 is 0 Å². The minimum absolute atomic E-state index is 0.222. The topological polar surface area (TPSA) is 69.8 Å². The average Bonchev–Trinajstić information content (AvgIpc) is 3.32. The highest BCUT2D eigenvalue weighted by atomic mass is 32.1. The molecule has 0 saturated carbocycles. The number of nitrogens with zero attached hydrogens (tertiary/aromatic N) is 1. The van der Waals surface area contributed by atoms with Crippen LogP contribution in [0, 0.1) is 11.8 Å². The third-order valence-corrected chi connectivity index (χ3v) is 5.27. The second kappa shape index (κ2) is 12.6. The molecule has 6 heteroatoms. The third-order valence-electron chi connectivity index (χ3n) is 4.34. The van der Waals surface area contributed by atoms with Crippen LogP contribution in [0.25, 0.3) is 0 Å². The van der Waals surface area contributed by atoms with Gasteiger partial charge in [0, 0.05) is 37.5 Å². The van der Waals surface area contributed by atoms with E-state index < -0.39 is 0 Å². The molecule has 5 nitrogen and oxygen atoms in total. The lowest BCUT2D eigenvalue weighted by Gasteiger charge is -2.18. The summed E-state index contributed by atoms with van der Waals surface area (Å²) < 4.78 is 5.39. The summed E-state index contributed by atoms with van der Waals surface area (Å²) in [6.07, 6.45) is 5.40. The van der Waals surface area contributed by atoms with Crippen molar-refractivity contribution in [1.29, 1.82) is 0 Å². The van der Waals surface area contributed by atoms with Crippen molar-refractivity contribution >= 4 is 17.3 Å². The van der Waals surface area contributed by atoms with Crippen molar-refractivity contribution in [3.63, 3.8) is 0 Å². The van der Waals surface area contributed by atoms with Gasteiger partial charge in [0.05, 0.1) is 6.26 Å². The summed E-state index contributed by atoms with van der Waals surface area (Å²) in [5, 5.41) is 18.3. The molecule has 2 aromatic heterocycles. The van der Waals surface area contributed by atoms with Gasteiger partial charge in [0.25, 0.3) is 0 Å². The molecule has 0 fully saturated rings. The average molecular weight is 392 g/mol. The maximum atomic E-state index is 9.32. The molecule has 0 aromatic carbocycles. The number of hydrogen-bond acceptors (Lipinski definition) is 4. The summed E-state index contributed by atoms with van der Waals surface area (Å²) >= 11 is 1.78. The Labute approximate surface area is 166 Å². The maximum Gasteiger partial charge on any atom is 0.191 e. The number of aliphatic hydroxyl groups excluding tert-OH is 1. The van der Waals surface area contributed by atoms with Crippen molar-refractivity contribution in [1.82, 2.24) is 10.6 Å². The van der Waals surface area contributed by atoms with Gasteiger partial charge in [-0.05, 0) is 54.7 Å². The van der Waals surface area contributed by atoms with Crippen molar-refractivity contribution in [3.8, 4) is 0 Å². The van der Waals surface area contributed by atoms with E-state index in [4.69, 9.17) is 9.41 Å². The van der Waals surface area contributed by atoms with E-state index in [1.807, 2.05) is 12.1 Å². The fraction of sp³-hybridized carbons (Fsp3) is 0.571. The van der Waals surface area contributed by atoms with E-state index in [2.05, 4.69) is 42.0 Å². The summed E-state index contributed by atoms with van der Waals surface area (Å²) in [6.45, 7) is 7.01. The van der Waals surface area contributed by atoms with Crippen LogP contribution in [-0.4, -0.2) is 37.3 Å². The molecule has 0 aliphatic carbocycles. The van der Waals surface area contributed by atoms with E-state index in [1.165, 1.54) is 4.88 Å². The second-order valence-electron chi connectivity index (χ2n) is 7.21. The number of nitrogens with one attached hydrogen (secondary N) is 2. The van der Waals surface area contributed by atoms with Gasteiger partial charge in [0.1, 0.15) is 5.76 Å². The zero-order valence-corrected chi connectivity index (χ0v) is 17.3. The van der Waals surface area contributed by atoms with E-state index in [1.54, 1.807) is 17.6 Å². The molecule has 3 N–H and O–H groups in total. The standard InChI is InChI=1S/C21H33N3O2S/c1-17(2)15-18(9-12-25)16-24-21(22-10-7-19-5-3-13-26-19)23-11-8-20-6-4-14-27-20/h3-6,13-14,17-18,25H,7-12,15-16H2,1-2H3,(H2,22,23,24). The van der Waals surface area contributed by atoms with Crippen LogP contribution < -0.4 is 10.6 Å². The van der Waals surface area contributed by atoms with Gasteiger partial charge in [-0.15, -0.1) is 11.3 Å². The molecule has 0 radical (unpaired) electrons. The molecule has 0 aliphatic heterocycles. The Hall–Kier alpha value is -1.79. The highest BCUT2D eigenvalue weighted by Crippen LogP contribution is 2.15. The van der Waals surface area contributed by atoms with Crippen LogP contribution in [0.1, 0.15) is 37.3 Å². The van der Waals surface area contributed by atoms with Crippen LogP contribution in [0.4, 0.5) is 0 Å². The van der Waals surface area contributed by atoms with E-state index in [9.17, 15) is 5.11 Å². The quantitative estimate of drug-likeness (QED) is 0.381. The molecule has 2 heterocycles. The van der Waals surface area contributed by atoms with E-state index in [-0.39, 0.29) is 6.61 Å². The van der Waals surface area contributed by atoms with Gasteiger partial charge in [-0.3, -0.25) is 4.99 Å². The lowest BCUT2D eigenvalue weighted by molar-refractivity contribution is 0.245. The number of thiophene rings is 1. The Bertz CT molecular complexity index is 582. The lowest BCUT2D eigenvalue weighted by atomic mass is 9.94. The molecule has 2 rings (SSSR count). The highest BCUT2D eigenvalue weighted by Gasteiger charge is 2.11. The Morgan fingerprint density at radius 2 is 2.00 bits per heavy atom. The van der Waals surface area contributed by atoms with Crippen molar-refractivity contribution in [2.75, 3.05) is 26.2 Å². The molecule has 0 amide bonds. The Balaban J connectivity index is 1.86. The van der Waals surface area contributed by atoms with Crippen LogP contribution in [0.15, 0.2) is 45.3 Å². The molecule has 1 unspecified atom stereocenters. The van der Waals surface area contributed by atoms with Gasteiger partial charge in [0.2, 0.25) is 0 Å². The maximum absolute atomic E-state index is 9.32. The molecule has 0 saturated heterocycles. The number of hydrogen-bond donors (Lipinski definition) is 3. The summed E-state index contributed by atoms with van der Waals surface area (Å²) in [4.78, 5) is 6.16. The summed E-state index contributed by atoms with van der Waals surface area (Å²) in [6, 6.07) is 8.15. The number of aliphatic hydroxyl groups is 1. The number of rotatable bonds is 12. The smallest absolute Gasteiger partial charge is 0.191 e. The van der Waals surface area contributed by atoms with Crippen LogP contribution in [0.5, 0.6) is 0 Å². The molecule has 0 spiro atoms. The van der Waals surface area contributed by atoms with Crippen LogP contribution in [0.2, 0.25) is 0 Å². The molecule has 1 atom stereocenters. The van der Waals surface area contributed by atoms with E-state index in [0.717, 1.165) is 57.0 Å². The largest absolute Gasteiger partial charge is 0.469 e. The zero-order valence-electron chi connectivity index (χ0n) is 16.5. The number of furan rings is 1. The third kappa shape index (κ3) is 9.11. The molecular formula is C21H33N3O2S. The van der Waals surface area contributed by atoms with Crippen LogP contribution in [-0.2, 0) is 12.8 Å². The Kier molecular flexibility index (Phi) is 10.0. The van der Waals surface area contributed by atoms with E-state index >= 15 is 0 Å². The van der Waals surface area contributed by atoms with E-state index in [0.29, 0.717) is 11.8 Å². The highest BCUT2D eigenvalue weighted by molar-refractivity contribution is 7.09. The lowest BCUT2D eigenvalue weighted by Crippen LogP contribution is -2.39. The first-order valence-corrected chi connectivity index (χ1v) is 10.7. The van der Waals surface area contributed by atoms with Gasteiger partial charge in [0.15, 0.2) is 5.96 Å². The minimum atomic E-state index is 0.222. The molecular weight excluding hydrogens is 358 g/mol. The van der Waals surface area contributed by atoms with Gasteiger partial charge in [-0.25, -0.2) is 0 Å². The van der Waals surface area contributed by atoms with Gasteiger partial charge < -0.3 is 20.2 Å². The fourth-order valence-electron chi connectivity index (χ4n) is 3.05. The second-order valence-corrected chi connectivity index (χ2v) is 8.24. The predicted octanol–water partition coefficient (Wildman–Crippen LogP) is 3.71. The number of aliphatic imine (C=N–C) groups is 1. The van der Waals surface area contributed by atoms with Crippen molar-refractivity contribution in [3.05, 3.63) is 46.5 Å². The Morgan fingerprint density at radius 3 is 2.63 bits per heavy atom. The van der Waals surface area contributed by atoms with Gasteiger partial charge in [-0.2, -0.15) is 0 Å². The predicted molar refractivity (Wildman–Crippen MR) is 113 cm³/mol. The van der Waals surface area contributed by atoms with Crippen molar-refractivity contribution in [2.45, 2.75) is 39.5 Å². The Morgan fingerprint density at radius 1 is 1.19 bits per heavy atom. The van der Waals surface area contributed by atoms with Gasteiger partial charge in [-0.1, -0.05) is 19.9 Å². The first-order valence-electron chi connectivity index (χ1n) is 9.85. The first kappa shape index (κ1) is 21.5. The summed E-state index contributed by atoms with van der Waals surface area (Å²) in [5.41, 5.74) is 0. The molecule has 150 valence electrons. The monoisotopic (exact) mass is 391 g/mol. The summed E-state index contributed by atoms with van der Waals surface area (Å²) in [7, 11) is 0. The fourth-order valence-corrected chi connectivity index (χ4v) is 3.75. The van der Waals surface area contributed by atoms with Crippen molar-refractivity contribution < 1.29 is 9.52 Å². The molecule has 0 aliphatic rings. The number of guanidine groups is 1. The molecule has 27 heavy (non-hydrogen) atoms. The zero-order chi connectivity index (χ0) is 19.3. The van der Waals surface area contributed by atoms with Crippen molar-refractivity contribution in [2.24, 2.45) is 16.8 Å². The first-order chi connectivity index (χ1) is 13.2. The summed E-state index contributed by atoms with van der Waals surface area (Å²) in [5.74, 6) is 2.83. The van der Waals surface area contributed by atoms with Crippen LogP contribution >= 0.6 is 11.3 Å². The van der Waals surface area contributed by atoms with Crippen LogP contribution in [0.3, 0.4) is 0 Å². The molecule has 2 aromatic rings. The molecule has 0 bridgehead atoms. The minimum Gasteiger partial charge on any atom is -0.469 e. The SMILES string of the molecule is CC(C)CC(CCO)CN=C(NCCc1ccco1)NCCc1cccs1.